The third-order valence-corrected chi connectivity index (χ3v) is 7.68. The molecule has 6 rings (SSSR count). The van der Waals surface area contributed by atoms with Crippen molar-refractivity contribution >= 4 is 12.0 Å². The molecule has 1 unspecified atom stereocenters. The number of carbonyl (C=O) groups is 1. The summed E-state index contributed by atoms with van der Waals surface area (Å²) < 4.78 is 3.76. The average Bonchev–Trinajstić information content (AvgIpc) is 3.15. The van der Waals surface area contributed by atoms with Gasteiger partial charge in [-0.15, -0.1) is 0 Å². The molecule has 2 aromatic heterocycles. The molecule has 3 aliphatic heterocycles. The number of amides is 1. The van der Waals surface area contributed by atoms with Crippen molar-refractivity contribution in [1.82, 2.24) is 29.0 Å². The molecule has 1 amide bonds. The first-order valence-corrected chi connectivity index (χ1v) is 12.2. The quantitative estimate of drug-likeness (QED) is 0.612. The summed E-state index contributed by atoms with van der Waals surface area (Å²) in [6.07, 6.45) is 7.75. The molecule has 2 fully saturated rings. The second-order valence-electron chi connectivity index (χ2n) is 9.66. The van der Waals surface area contributed by atoms with Crippen molar-refractivity contribution in [2.24, 2.45) is 4.99 Å². The molecule has 0 radical (unpaired) electrons. The number of nitrogens with zero attached hydrogens (tertiary/aromatic N) is 7. The summed E-state index contributed by atoms with van der Waals surface area (Å²) in [7, 11) is 0. The molecule has 0 N–H and O–H groups in total. The van der Waals surface area contributed by atoms with Crippen molar-refractivity contribution in [1.29, 1.82) is 0 Å². The largest absolute Gasteiger partial charge is 0.339 e. The molecule has 2 aromatic rings. The first-order chi connectivity index (χ1) is 16.2. The van der Waals surface area contributed by atoms with Crippen LogP contribution in [0.1, 0.15) is 31.0 Å². The predicted molar refractivity (Wildman–Crippen MR) is 123 cm³/mol. The Balaban J connectivity index is 1.12. The summed E-state index contributed by atoms with van der Waals surface area (Å²) in [5, 5.41) is 5.28. The summed E-state index contributed by atoms with van der Waals surface area (Å²) in [4.78, 5) is 36.8. The van der Waals surface area contributed by atoms with Gasteiger partial charge in [0.05, 0.1) is 19.1 Å². The maximum atomic E-state index is 13.0. The summed E-state index contributed by atoms with van der Waals surface area (Å²) in [5.41, 5.74) is 2.06. The molecular weight excluding hydrogens is 418 g/mol. The van der Waals surface area contributed by atoms with Crippen LogP contribution in [-0.2, 0) is 17.9 Å². The van der Waals surface area contributed by atoms with Gasteiger partial charge in [-0.3, -0.25) is 24.4 Å². The molecule has 0 spiro atoms. The van der Waals surface area contributed by atoms with Crippen LogP contribution in [0.15, 0.2) is 34.2 Å². The topological polar surface area (TPSA) is 79.0 Å². The fourth-order valence-corrected chi connectivity index (χ4v) is 5.56. The summed E-state index contributed by atoms with van der Waals surface area (Å²) in [6.45, 7) is 7.17. The zero-order valence-electron chi connectivity index (χ0n) is 19.0. The van der Waals surface area contributed by atoms with Crippen LogP contribution in [0.2, 0.25) is 0 Å². The van der Waals surface area contributed by atoms with E-state index in [0.29, 0.717) is 13.1 Å². The van der Waals surface area contributed by atoms with Gasteiger partial charge in [-0.25, -0.2) is 4.68 Å². The number of aromatic nitrogens is 3. The van der Waals surface area contributed by atoms with Crippen LogP contribution < -0.4 is 16.3 Å². The molecule has 1 aliphatic carbocycles. The second-order valence-corrected chi connectivity index (χ2v) is 9.66. The molecule has 5 heterocycles. The lowest BCUT2D eigenvalue weighted by Gasteiger charge is -2.43. The highest BCUT2D eigenvalue weighted by Gasteiger charge is 2.30. The van der Waals surface area contributed by atoms with E-state index in [0.717, 1.165) is 62.6 Å². The molecule has 174 valence electrons. The van der Waals surface area contributed by atoms with E-state index < -0.39 is 0 Å². The van der Waals surface area contributed by atoms with Crippen LogP contribution in [0, 0.1) is 0 Å². The molecule has 33 heavy (non-hydrogen) atoms. The maximum absolute atomic E-state index is 13.0. The lowest BCUT2D eigenvalue weighted by atomic mass is 9.91. The van der Waals surface area contributed by atoms with Crippen molar-refractivity contribution < 1.29 is 4.79 Å². The first-order valence-electron chi connectivity index (χ1n) is 12.2. The van der Waals surface area contributed by atoms with E-state index in [-0.39, 0.29) is 17.5 Å². The molecule has 0 bridgehead atoms. The van der Waals surface area contributed by atoms with Crippen molar-refractivity contribution in [2.45, 2.75) is 44.4 Å². The van der Waals surface area contributed by atoms with Crippen molar-refractivity contribution in [3.8, 4) is 0 Å². The summed E-state index contributed by atoms with van der Waals surface area (Å²) in [6, 6.07) is 5.95. The average molecular weight is 450 g/mol. The number of hydrogen-bond acceptors (Lipinski definition) is 6. The van der Waals surface area contributed by atoms with Crippen LogP contribution >= 0.6 is 0 Å². The van der Waals surface area contributed by atoms with Gasteiger partial charge in [0, 0.05) is 75.0 Å². The molecule has 9 heteroatoms. The van der Waals surface area contributed by atoms with E-state index in [1.807, 2.05) is 4.90 Å². The highest BCUT2D eigenvalue weighted by molar-refractivity contribution is 5.78. The molecule has 1 atom stereocenters. The molecule has 1 saturated carbocycles. The fraction of sp³-hybridized carbons (Fsp3) is 0.583. The number of carbonyl (C=O) groups excluding carboxylic acids is 1. The third kappa shape index (κ3) is 3.93. The molecular formula is C24H31N7O2. The van der Waals surface area contributed by atoms with E-state index >= 15 is 0 Å². The Morgan fingerprint density at radius 1 is 1.09 bits per heavy atom. The van der Waals surface area contributed by atoms with Crippen molar-refractivity contribution in [3.63, 3.8) is 0 Å². The van der Waals surface area contributed by atoms with Crippen LogP contribution in [0.5, 0.6) is 0 Å². The zero-order chi connectivity index (χ0) is 22.4. The predicted octanol–water partition coefficient (Wildman–Crippen LogP) is -0.788. The van der Waals surface area contributed by atoms with Gasteiger partial charge in [0.1, 0.15) is 5.49 Å². The van der Waals surface area contributed by atoms with Gasteiger partial charge in [0.25, 0.3) is 5.56 Å². The number of rotatable bonds is 4. The Hall–Kier alpha value is -2.78. The number of piperazine rings is 1. The molecule has 1 saturated heterocycles. The fourth-order valence-electron chi connectivity index (χ4n) is 5.56. The van der Waals surface area contributed by atoms with Crippen LogP contribution in [0.25, 0.3) is 6.08 Å². The first kappa shape index (κ1) is 20.8. The Morgan fingerprint density at radius 2 is 1.94 bits per heavy atom. The number of hydrogen-bond donors (Lipinski definition) is 0. The molecule has 4 aliphatic rings. The van der Waals surface area contributed by atoms with Gasteiger partial charge >= 0.3 is 0 Å². The lowest BCUT2D eigenvalue weighted by Crippen LogP contribution is -2.55. The smallest absolute Gasteiger partial charge is 0.267 e. The van der Waals surface area contributed by atoms with Crippen LogP contribution in [-0.4, -0.2) is 86.8 Å². The van der Waals surface area contributed by atoms with Gasteiger partial charge < -0.3 is 9.47 Å². The minimum absolute atomic E-state index is 0.111. The van der Waals surface area contributed by atoms with Gasteiger partial charge in [0.15, 0.2) is 0 Å². The minimum Gasteiger partial charge on any atom is -0.339 e. The Kier molecular flexibility index (Phi) is 5.38. The highest BCUT2D eigenvalue weighted by atomic mass is 16.2. The summed E-state index contributed by atoms with van der Waals surface area (Å²) >= 11 is 0. The lowest BCUT2D eigenvalue weighted by molar-refractivity contribution is -0.135. The standard InChI is InChI=1S/C24H31N7O2/c32-22-5-2-6-26-31(22)20-13-18-14-21-16-27(7-12-30(21)24(18)25-15-20)17-23(33)29-10-8-28(9-11-29)19-3-1-4-19/h2,5-6,13-14,19-20H,1,3-4,7-12,15-17H2. The van der Waals surface area contributed by atoms with E-state index in [1.54, 1.807) is 12.3 Å². The Bertz CT molecular complexity index is 1220. The second kappa shape index (κ2) is 8.53. The third-order valence-electron chi connectivity index (χ3n) is 7.68. The Labute approximate surface area is 192 Å². The monoisotopic (exact) mass is 449 g/mol. The minimum atomic E-state index is -0.160. The van der Waals surface area contributed by atoms with Crippen LogP contribution in [0.3, 0.4) is 0 Å². The number of fused-ring (bicyclic) bond motifs is 3. The molecule has 0 aromatic carbocycles. The maximum Gasteiger partial charge on any atom is 0.267 e. The van der Waals surface area contributed by atoms with Crippen molar-refractivity contribution in [2.75, 3.05) is 45.8 Å². The van der Waals surface area contributed by atoms with Gasteiger partial charge in [-0.1, -0.05) is 6.42 Å². The van der Waals surface area contributed by atoms with Crippen LogP contribution in [0.4, 0.5) is 0 Å². The SMILES string of the molecule is O=C(CN1CCn2c(cc3c2=NCC(n2ncccc2=O)C=3)C1)N1CCN(C2CCC2)CC1. The van der Waals surface area contributed by atoms with Crippen molar-refractivity contribution in [3.05, 3.63) is 51.2 Å². The highest BCUT2D eigenvalue weighted by Crippen LogP contribution is 2.25. The summed E-state index contributed by atoms with van der Waals surface area (Å²) in [5.74, 6) is 0.249. The van der Waals surface area contributed by atoms with E-state index in [1.165, 1.54) is 35.7 Å². The van der Waals surface area contributed by atoms with E-state index in [4.69, 9.17) is 4.99 Å². The van der Waals surface area contributed by atoms with Gasteiger partial charge in [-0.2, -0.15) is 5.10 Å². The normalized spacial score (nSPS) is 23.8. The zero-order valence-corrected chi connectivity index (χ0v) is 19.0. The van der Waals surface area contributed by atoms with E-state index in [9.17, 15) is 9.59 Å². The van der Waals surface area contributed by atoms with Gasteiger partial charge in [-0.05, 0) is 31.1 Å². The van der Waals surface area contributed by atoms with E-state index in [2.05, 4.69) is 31.6 Å². The Morgan fingerprint density at radius 3 is 2.70 bits per heavy atom. The van der Waals surface area contributed by atoms with Gasteiger partial charge in [0.2, 0.25) is 5.91 Å². The molecule has 9 nitrogen and oxygen atoms in total.